The molecule has 0 aliphatic heterocycles. The number of amides is 1. The quantitative estimate of drug-likeness (QED) is 0.355. The Morgan fingerprint density at radius 1 is 1.12 bits per heavy atom. The molecule has 4 aromatic rings. The van der Waals surface area contributed by atoms with E-state index in [0.29, 0.717) is 33.8 Å². The number of fused-ring (bicyclic) bond motifs is 1. The van der Waals surface area contributed by atoms with Gasteiger partial charge in [0.2, 0.25) is 0 Å². The maximum Gasteiger partial charge on any atom is 0.251 e. The number of aromatic nitrogens is 3. The maximum atomic E-state index is 13.6. The zero-order valence-electron chi connectivity index (χ0n) is 18.4. The largest absolute Gasteiger partial charge is 0.354 e. The van der Waals surface area contributed by atoms with Gasteiger partial charge < -0.3 is 20.1 Å². The molecule has 2 aromatic carbocycles. The SMILES string of the molecule is COC(CNC(=O)c1ccc2nc(-c3cccnc3)nc(Nc3ccc(F)c(Cl)c3)c2c1)OC. The summed E-state index contributed by atoms with van der Waals surface area (Å²) in [6.07, 6.45) is 2.76. The van der Waals surface area contributed by atoms with E-state index in [0.717, 1.165) is 5.56 Å². The van der Waals surface area contributed by atoms with Crippen molar-refractivity contribution in [1.82, 2.24) is 20.3 Å². The van der Waals surface area contributed by atoms with Gasteiger partial charge in [0, 0.05) is 48.8 Å². The van der Waals surface area contributed by atoms with E-state index < -0.39 is 12.1 Å². The summed E-state index contributed by atoms with van der Waals surface area (Å²) in [6.45, 7) is 0.180. The first-order valence-corrected chi connectivity index (χ1v) is 10.6. The molecule has 2 aromatic heterocycles. The Morgan fingerprint density at radius 3 is 2.65 bits per heavy atom. The minimum atomic E-state index is -0.560. The second-order valence-electron chi connectivity index (χ2n) is 7.23. The molecule has 34 heavy (non-hydrogen) atoms. The number of carbonyl (C=O) groups excluding carboxylic acids is 1. The number of nitrogens with zero attached hydrogens (tertiary/aromatic N) is 3. The van der Waals surface area contributed by atoms with Crippen LogP contribution in [-0.2, 0) is 9.47 Å². The van der Waals surface area contributed by atoms with Crippen molar-refractivity contribution < 1.29 is 18.7 Å². The molecule has 4 rings (SSSR count). The highest BCUT2D eigenvalue weighted by molar-refractivity contribution is 6.31. The second-order valence-corrected chi connectivity index (χ2v) is 7.64. The van der Waals surface area contributed by atoms with Gasteiger partial charge in [-0.25, -0.2) is 14.4 Å². The number of ether oxygens (including phenoxy) is 2. The van der Waals surface area contributed by atoms with Crippen LogP contribution in [0, 0.1) is 5.82 Å². The molecule has 0 atom stereocenters. The van der Waals surface area contributed by atoms with E-state index in [1.807, 2.05) is 6.07 Å². The fraction of sp³-hybridized carbons (Fsp3) is 0.167. The third-order valence-corrected chi connectivity index (χ3v) is 5.30. The molecule has 0 unspecified atom stereocenters. The van der Waals surface area contributed by atoms with Crippen molar-refractivity contribution in [1.29, 1.82) is 0 Å². The Kier molecular flexibility index (Phi) is 7.27. The van der Waals surface area contributed by atoms with Crippen molar-refractivity contribution in [2.24, 2.45) is 0 Å². The van der Waals surface area contributed by atoms with Crippen LogP contribution in [-0.4, -0.2) is 47.9 Å². The van der Waals surface area contributed by atoms with Crippen molar-refractivity contribution in [3.8, 4) is 11.4 Å². The Balaban J connectivity index is 1.75. The van der Waals surface area contributed by atoms with E-state index in [4.69, 9.17) is 21.1 Å². The summed E-state index contributed by atoms with van der Waals surface area (Å²) >= 11 is 5.95. The Bertz CT molecular complexity index is 1320. The molecular weight excluding hydrogens is 461 g/mol. The Hall–Kier alpha value is -3.66. The lowest BCUT2D eigenvalue weighted by molar-refractivity contribution is -0.0974. The summed E-state index contributed by atoms with van der Waals surface area (Å²) in [4.78, 5) is 26.1. The molecule has 0 aliphatic rings. The molecule has 0 saturated carbocycles. The summed E-state index contributed by atoms with van der Waals surface area (Å²) in [5.41, 5.74) is 2.25. The van der Waals surface area contributed by atoms with Gasteiger partial charge in [-0.05, 0) is 48.5 Å². The van der Waals surface area contributed by atoms with Crippen LogP contribution in [0.3, 0.4) is 0 Å². The van der Waals surface area contributed by atoms with Crippen molar-refractivity contribution in [3.63, 3.8) is 0 Å². The molecule has 8 nitrogen and oxygen atoms in total. The van der Waals surface area contributed by atoms with E-state index in [1.165, 1.54) is 26.4 Å². The van der Waals surface area contributed by atoms with E-state index in [-0.39, 0.29) is 17.5 Å². The van der Waals surface area contributed by atoms with Gasteiger partial charge in [-0.1, -0.05) is 11.6 Å². The number of pyridine rings is 1. The number of hydrogen-bond donors (Lipinski definition) is 2. The van der Waals surface area contributed by atoms with Crippen molar-refractivity contribution in [2.75, 3.05) is 26.1 Å². The van der Waals surface area contributed by atoms with Gasteiger partial charge in [-0.15, -0.1) is 0 Å². The summed E-state index contributed by atoms with van der Waals surface area (Å²) in [5, 5.41) is 6.50. The van der Waals surface area contributed by atoms with Gasteiger partial charge >= 0.3 is 0 Å². The number of rotatable bonds is 8. The third kappa shape index (κ3) is 5.28. The van der Waals surface area contributed by atoms with Crippen LogP contribution in [0.1, 0.15) is 10.4 Å². The van der Waals surface area contributed by atoms with Crippen molar-refractivity contribution >= 4 is 39.9 Å². The average molecular weight is 482 g/mol. The fourth-order valence-corrected chi connectivity index (χ4v) is 3.42. The number of anilines is 2. The van der Waals surface area contributed by atoms with Gasteiger partial charge in [0.25, 0.3) is 5.91 Å². The minimum absolute atomic E-state index is 0.0262. The molecule has 0 fully saturated rings. The molecule has 0 aliphatic carbocycles. The van der Waals surface area contributed by atoms with E-state index in [1.54, 1.807) is 42.7 Å². The highest BCUT2D eigenvalue weighted by Gasteiger charge is 2.15. The number of nitrogens with one attached hydrogen (secondary N) is 2. The lowest BCUT2D eigenvalue weighted by atomic mass is 10.1. The molecule has 0 spiro atoms. The molecule has 1 amide bonds. The van der Waals surface area contributed by atoms with Crippen LogP contribution in [0.4, 0.5) is 15.9 Å². The summed E-state index contributed by atoms with van der Waals surface area (Å²) in [5.74, 6) is 0.0256. The molecule has 10 heteroatoms. The lowest BCUT2D eigenvalue weighted by Gasteiger charge is -2.15. The van der Waals surface area contributed by atoms with Crippen LogP contribution in [0.15, 0.2) is 60.9 Å². The van der Waals surface area contributed by atoms with Gasteiger partial charge in [0.15, 0.2) is 12.1 Å². The number of methoxy groups -OCH3 is 2. The summed E-state index contributed by atoms with van der Waals surface area (Å²) in [7, 11) is 2.99. The lowest BCUT2D eigenvalue weighted by Crippen LogP contribution is -2.34. The molecular formula is C24H21ClFN5O3. The van der Waals surface area contributed by atoms with Crippen molar-refractivity contribution in [3.05, 3.63) is 77.3 Å². The van der Waals surface area contributed by atoms with Gasteiger partial charge in [0.1, 0.15) is 11.6 Å². The first-order chi connectivity index (χ1) is 16.5. The highest BCUT2D eigenvalue weighted by atomic mass is 35.5. The summed E-state index contributed by atoms with van der Waals surface area (Å²) in [6, 6.07) is 13.0. The fourth-order valence-electron chi connectivity index (χ4n) is 3.24. The zero-order chi connectivity index (χ0) is 24.1. The zero-order valence-corrected chi connectivity index (χ0v) is 19.1. The minimum Gasteiger partial charge on any atom is -0.354 e. The van der Waals surface area contributed by atoms with Gasteiger partial charge in [0.05, 0.1) is 17.1 Å². The Morgan fingerprint density at radius 2 is 1.94 bits per heavy atom. The standard InChI is InChI=1S/C24H21ClFN5O3/c1-33-21(34-2)13-28-24(32)14-5-8-20-17(10-14)23(29-16-6-7-19(26)18(25)11-16)31-22(30-20)15-4-3-9-27-12-15/h3-12,21H,13H2,1-2H3,(H,28,32)(H,29,30,31). The molecule has 0 saturated heterocycles. The van der Waals surface area contributed by atoms with Gasteiger partial charge in [-0.3, -0.25) is 9.78 Å². The van der Waals surface area contributed by atoms with Crippen LogP contribution < -0.4 is 10.6 Å². The molecule has 2 heterocycles. The first-order valence-electron chi connectivity index (χ1n) is 10.3. The highest BCUT2D eigenvalue weighted by Crippen LogP contribution is 2.29. The number of carbonyl (C=O) groups is 1. The van der Waals surface area contributed by atoms with Gasteiger partial charge in [-0.2, -0.15) is 0 Å². The second kappa shape index (κ2) is 10.5. The van der Waals surface area contributed by atoms with Crippen LogP contribution in [0.25, 0.3) is 22.3 Å². The van der Waals surface area contributed by atoms with E-state index in [9.17, 15) is 9.18 Å². The number of halogens is 2. The topological polar surface area (TPSA) is 98.3 Å². The number of hydrogen-bond acceptors (Lipinski definition) is 7. The van der Waals surface area contributed by atoms with Crippen LogP contribution in [0.5, 0.6) is 0 Å². The number of benzene rings is 2. The first kappa shape index (κ1) is 23.5. The molecule has 174 valence electrons. The Labute approximate surface area is 200 Å². The molecule has 2 N–H and O–H groups in total. The van der Waals surface area contributed by atoms with E-state index >= 15 is 0 Å². The molecule has 0 bridgehead atoms. The van der Waals surface area contributed by atoms with Crippen LogP contribution in [0.2, 0.25) is 5.02 Å². The smallest absolute Gasteiger partial charge is 0.251 e. The van der Waals surface area contributed by atoms with E-state index in [2.05, 4.69) is 25.6 Å². The van der Waals surface area contributed by atoms with Crippen molar-refractivity contribution in [2.45, 2.75) is 6.29 Å². The monoisotopic (exact) mass is 481 g/mol. The average Bonchev–Trinajstić information content (AvgIpc) is 2.87. The maximum absolute atomic E-state index is 13.6. The molecule has 0 radical (unpaired) electrons. The predicted octanol–water partition coefficient (Wildman–Crippen LogP) is 4.58. The normalized spacial score (nSPS) is 11.1. The third-order valence-electron chi connectivity index (χ3n) is 5.02. The predicted molar refractivity (Wildman–Crippen MR) is 128 cm³/mol. The summed E-state index contributed by atoms with van der Waals surface area (Å²) < 4.78 is 23.9. The van der Waals surface area contributed by atoms with Crippen LogP contribution >= 0.6 is 11.6 Å².